The van der Waals surface area contributed by atoms with Gasteiger partial charge in [-0.2, -0.15) is 0 Å². The van der Waals surface area contributed by atoms with E-state index >= 15 is 0 Å². The summed E-state index contributed by atoms with van der Waals surface area (Å²) in [6.07, 6.45) is 1.96. The molecule has 3 rings (SSSR count). The zero-order valence-electron chi connectivity index (χ0n) is 12.0. The molecule has 1 fully saturated rings. The van der Waals surface area contributed by atoms with Crippen molar-refractivity contribution in [1.82, 2.24) is 14.9 Å². The van der Waals surface area contributed by atoms with E-state index in [4.69, 9.17) is 4.74 Å². The van der Waals surface area contributed by atoms with E-state index in [0.717, 1.165) is 19.4 Å². The summed E-state index contributed by atoms with van der Waals surface area (Å²) in [4.78, 5) is 38.2. The maximum atomic E-state index is 12.0. The molecule has 7 heteroatoms. The molecule has 2 N–H and O–H groups in total. The molecule has 1 amide bonds. The lowest BCUT2D eigenvalue weighted by molar-refractivity contribution is -0.122. The lowest BCUT2D eigenvalue weighted by Gasteiger charge is -2.12. The van der Waals surface area contributed by atoms with Gasteiger partial charge in [0, 0.05) is 13.2 Å². The number of hydrogen-bond acceptors (Lipinski definition) is 4. The van der Waals surface area contributed by atoms with Gasteiger partial charge in [-0.15, -0.1) is 0 Å². The SMILES string of the molecule is O=C(Cn1c(=O)c(=O)[nH]c2ccccc21)NCC1CCCO1. The van der Waals surface area contributed by atoms with E-state index in [2.05, 4.69) is 10.3 Å². The average Bonchev–Trinajstić information content (AvgIpc) is 3.03. The summed E-state index contributed by atoms with van der Waals surface area (Å²) >= 11 is 0. The predicted molar refractivity (Wildman–Crippen MR) is 80.8 cm³/mol. The molecule has 0 radical (unpaired) electrons. The van der Waals surface area contributed by atoms with Gasteiger partial charge in [0.15, 0.2) is 0 Å². The highest BCUT2D eigenvalue weighted by Gasteiger charge is 2.17. The number of amides is 1. The largest absolute Gasteiger partial charge is 0.376 e. The number of benzene rings is 1. The molecule has 22 heavy (non-hydrogen) atoms. The Morgan fingerprint density at radius 2 is 2.18 bits per heavy atom. The topological polar surface area (TPSA) is 93.2 Å². The summed E-state index contributed by atoms with van der Waals surface area (Å²) in [6, 6.07) is 6.89. The fraction of sp³-hybridized carbons (Fsp3) is 0.400. The summed E-state index contributed by atoms with van der Waals surface area (Å²) in [5.41, 5.74) is -0.407. The Bertz CT molecular complexity index is 802. The van der Waals surface area contributed by atoms with Crippen molar-refractivity contribution in [2.24, 2.45) is 0 Å². The lowest BCUT2D eigenvalue weighted by Crippen LogP contribution is -2.41. The van der Waals surface area contributed by atoms with Crippen LogP contribution in [0.1, 0.15) is 12.8 Å². The molecule has 1 aromatic heterocycles. The van der Waals surface area contributed by atoms with Crippen molar-refractivity contribution in [3.05, 3.63) is 45.0 Å². The van der Waals surface area contributed by atoms with Crippen molar-refractivity contribution in [3.8, 4) is 0 Å². The first-order valence-corrected chi connectivity index (χ1v) is 7.25. The monoisotopic (exact) mass is 303 g/mol. The minimum Gasteiger partial charge on any atom is -0.376 e. The Kier molecular flexibility index (Phi) is 4.06. The Morgan fingerprint density at radius 1 is 1.36 bits per heavy atom. The number of aromatic nitrogens is 2. The van der Waals surface area contributed by atoms with Gasteiger partial charge in [0.1, 0.15) is 6.54 Å². The van der Waals surface area contributed by atoms with Gasteiger partial charge in [0.05, 0.1) is 17.1 Å². The van der Waals surface area contributed by atoms with Crippen LogP contribution in [0.3, 0.4) is 0 Å². The van der Waals surface area contributed by atoms with E-state index in [1.54, 1.807) is 24.3 Å². The number of para-hydroxylation sites is 2. The third-order valence-electron chi connectivity index (χ3n) is 3.74. The first-order chi connectivity index (χ1) is 10.6. The van der Waals surface area contributed by atoms with Crippen molar-refractivity contribution in [2.75, 3.05) is 13.2 Å². The van der Waals surface area contributed by atoms with Crippen LogP contribution in [0.25, 0.3) is 11.0 Å². The van der Waals surface area contributed by atoms with Crippen LogP contribution in [-0.4, -0.2) is 34.7 Å². The second-order valence-corrected chi connectivity index (χ2v) is 5.30. The van der Waals surface area contributed by atoms with Crippen LogP contribution < -0.4 is 16.4 Å². The number of carbonyl (C=O) groups excluding carboxylic acids is 1. The molecule has 2 heterocycles. The number of carbonyl (C=O) groups is 1. The molecule has 116 valence electrons. The number of hydrogen-bond donors (Lipinski definition) is 2. The van der Waals surface area contributed by atoms with Gasteiger partial charge in [0.2, 0.25) is 5.91 Å². The second-order valence-electron chi connectivity index (χ2n) is 5.30. The van der Waals surface area contributed by atoms with Crippen LogP contribution in [-0.2, 0) is 16.1 Å². The van der Waals surface area contributed by atoms with Crippen LogP contribution in [0.4, 0.5) is 0 Å². The van der Waals surface area contributed by atoms with E-state index in [-0.39, 0.29) is 18.6 Å². The number of rotatable bonds is 4. The minimum absolute atomic E-state index is 0.0385. The molecule has 0 bridgehead atoms. The smallest absolute Gasteiger partial charge is 0.317 e. The first kappa shape index (κ1) is 14.5. The lowest BCUT2D eigenvalue weighted by atomic mass is 10.2. The number of H-pyrrole nitrogens is 1. The Balaban J connectivity index is 1.80. The van der Waals surface area contributed by atoms with Crippen LogP contribution in [0, 0.1) is 0 Å². The molecule has 1 unspecified atom stereocenters. The molecule has 0 saturated carbocycles. The van der Waals surface area contributed by atoms with Gasteiger partial charge in [-0.3, -0.25) is 19.0 Å². The van der Waals surface area contributed by atoms with Crippen molar-refractivity contribution in [3.63, 3.8) is 0 Å². The first-order valence-electron chi connectivity index (χ1n) is 7.25. The summed E-state index contributed by atoms with van der Waals surface area (Å²) in [6.45, 7) is 0.962. The molecule has 1 aliphatic rings. The Labute approximate surface area is 125 Å². The number of fused-ring (bicyclic) bond motifs is 1. The van der Waals surface area contributed by atoms with E-state index in [1.165, 1.54) is 4.57 Å². The van der Waals surface area contributed by atoms with Crippen LogP contribution in [0.5, 0.6) is 0 Å². The van der Waals surface area contributed by atoms with Gasteiger partial charge in [-0.1, -0.05) is 12.1 Å². The van der Waals surface area contributed by atoms with Crippen molar-refractivity contribution < 1.29 is 9.53 Å². The molecular weight excluding hydrogens is 286 g/mol. The van der Waals surface area contributed by atoms with Gasteiger partial charge in [0.25, 0.3) is 0 Å². The molecule has 0 aliphatic carbocycles. The standard InChI is InChI=1S/C15H17N3O4/c19-13(16-8-10-4-3-7-22-10)9-18-12-6-2-1-5-11(12)17-14(20)15(18)21/h1-2,5-6,10H,3-4,7-9H2,(H,16,19)(H,17,20). The molecule has 2 aromatic rings. The average molecular weight is 303 g/mol. The maximum absolute atomic E-state index is 12.0. The summed E-state index contributed by atoms with van der Waals surface area (Å²) < 4.78 is 6.62. The number of ether oxygens (including phenoxy) is 1. The number of nitrogens with one attached hydrogen (secondary N) is 2. The second kappa shape index (κ2) is 6.15. The third-order valence-corrected chi connectivity index (χ3v) is 3.74. The van der Waals surface area contributed by atoms with Crippen LogP contribution in [0.15, 0.2) is 33.9 Å². The van der Waals surface area contributed by atoms with Gasteiger partial charge < -0.3 is 15.0 Å². The van der Waals surface area contributed by atoms with Gasteiger partial charge in [-0.05, 0) is 25.0 Å². The van der Waals surface area contributed by atoms with Crippen molar-refractivity contribution in [1.29, 1.82) is 0 Å². The summed E-state index contributed by atoms with van der Waals surface area (Å²) in [5.74, 6) is -0.312. The van der Waals surface area contributed by atoms with Crippen molar-refractivity contribution >= 4 is 16.9 Å². The molecule has 1 aromatic carbocycles. The van der Waals surface area contributed by atoms with Crippen LogP contribution >= 0.6 is 0 Å². The molecule has 0 spiro atoms. The Morgan fingerprint density at radius 3 is 2.95 bits per heavy atom. The van der Waals surface area contributed by atoms with E-state index in [1.807, 2.05) is 0 Å². The van der Waals surface area contributed by atoms with Crippen LogP contribution in [0.2, 0.25) is 0 Å². The zero-order chi connectivity index (χ0) is 15.5. The Hall–Kier alpha value is -2.41. The normalized spacial score (nSPS) is 17.7. The fourth-order valence-electron chi connectivity index (χ4n) is 2.61. The van der Waals surface area contributed by atoms with Gasteiger partial charge >= 0.3 is 11.1 Å². The fourth-order valence-corrected chi connectivity index (χ4v) is 2.61. The van der Waals surface area contributed by atoms with E-state index in [0.29, 0.717) is 17.6 Å². The zero-order valence-corrected chi connectivity index (χ0v) is 12.0. The number of nitrogens with zero attached hydrogens (tertiary/aromatic N) is 1. The van der Waals surface area contributed by atoms with E-state index < -0.39 is 11.1 Å². The van der Waals surface area contributed by atoms with E-state index in [9.17, 15) is 14.4 Å². The van der Waals surface area contributed by atoms with Crippen molar-refractivity contribution in [2.45, 2.75) is 25.5 Å². The molecule has 1 saturated heterocycles. The highest BCUT2D eigenvalue weighted by Crippen LogP contribution is 2.10. The number of aromatic amines is 1. The highest BCUT2D eigenvalue weighted by molar-refractivity contribution is 5.79. The molecule has 1 atom stereocenters. The quantitative estimate of drug-likeness (QED) is 0.777. The molecule has 7 nitrogen and oxygen atoms in total. The highest BCUT2D eigenvalue weighted by atomic mass is 16.5. The molecule has 1 aliphatic heterocycles. The predicted octanol–water partition coefficient (Wildman–Crippen LogP) is -0.0150. The summed E-state index contributed by atoms with van der Waals surface area (Å²) in [7, 11) is 0. The minimum atomic E-state index is -0.731. The molecular formula is C15H17N3O4. The maximum Gasteiger partial charge on any atom is 0.317 e. The third kappa shape index (κ3) is 2.94. The summed E-state index contributed by atoms with van der Waals surface area (Å²) in [5, 5.41) is 2.75. The van der Waals surface area contributed by atoms with Gasteiger partial charge in [-0.25, -0.2) is 0 Å².